The molecule has 148 valence electrons. The van der Waals surface area contributed by atoms with Gasteiger partial charge >= 0.3 is 0 Å². The summed E-state index contributed by atoms with van der Waals surface area (Å²) in [5, 5.41) is 2.15. The first kappa shape index (κ1) is 20.2. The summed E-state index contributed by atoms with van der Waals surface area (Å²) in [6.07, 6.45) is 0.902. The van der Waals surface area contributed by atoms with E-state index < -0.39 is 0 Å². The normalized spacial score (nSPS) is 11.3. The highest BCUT2D eigenvalue weighted by Gasteiger charge is 2.19. The van der Waals surface area contributed by atoms with Gasteiger partial charge in [-0.05, 0) is 49.6 Å². The maximum Gasteiger partial charge on any atom is 0.267 e. The zero-order chi connectivity index (χ0) is 20.5. The monoisotopic (exact) mass is 440 g/mol. The first-order valence-corrected chi connectivity index (χ1v) is 11.7. The minimum Gasteiger partial charge on any atom is -0.268 e. The first-order chi connectivity index (χ1) is 14.0. The van der Waals surface area contributed by atoms with Gasteiger partial charge in [0.2, 0.25) is 0 Å². The van der Waals surface area contributed by atoms with Gasteiger partial charge in [-0.1, -0.05) is 66.2 Å². The molecule has 0 amide bonds. The molecule has 0 aliphatic carbocycles. The van der Waals surface area contributed by atoms with Crippen LogP contribution >= 0.6 is 34.7 Å². The lowest BCUT2D eigenvalue weighted by atomic mass is 10.2. The Kier molecular flexibility index (Phi) is 5.81. The van der Waals surface area contributed by atoms with Crippen LogP contribution < -0.4 is 5.56 Å². The van der Waals surface area contributed by atoms with Crippen LogP contribution in [0.4, 0.5) is 0 Å². The third-order valence-corrected chi connectivity index (χ3v) is 7.65. The molecule has 2 aromatic heterocycles. The molecule has 4 rings (SSSR count). The molecule has 0 spiro atoms. The maximum absolute atomic E-state index is 13.6. The van der Waals surface area contributed by atoms with E-state index in [1.165, 1.54) is 16.6 Å². The molecule has 0 aliphatic rings. The number of hydrogen-bond donors (Lipinski definition) is 0. The van der Waals surface area contributed by atoms with Crippen molar-refractivity contribution in [1.29, 1.82) is 0 Å². The van der Waals surface area contributed by atoms with Crippen molar-refractivity contribution in [2.75, 3.05) is 0 Å². The fraction of sp³-hybridized carbons (Fsp3) is 0.217. The molecule has 3 nitrogen and oxygen atoms in total. The van der Waals surface area contributed by atoms with Gasteiger partial charge in [0.15, 0.2) is 5.16 Å². The molecule has 0 aliphatic heterocycles. The summed E-state index contributed by atoms with van der Waals surface area (Å²) >= 11 is 9.49. The van der Waals surface area contributed by atoms with Crippen LogP contribution in [0.1, 0.15) is 28.5 Å². The predicted molar refractivity (Wildman–Crippen MR) is 125 cm³/mol. The summed E-state index contributed by atoms with van der Waals surface area (Å²) in [6, 6.07) is 15.8. The van der Waals surface area contributed by atoms with E-state index in [1.54, 1.807) is 15.9 Å². The molecular weight excluding hydrogens is 420 g/mol. The van der Waals surface area contributed by atoms with Crippen LogP contribution in [-0.2, 0) is 12.2 Å². The van der Waals surface area contributed by atoms with E-state index in [9.17, 15) is 4.79 Å². The van der Waals surface area contributed by atoms with E-state index in [2.05, 4.69) is 6.92 Å². The van der Waals surface area contributed by atoms with Crippen LogP contribution in [0.25, 0.3) is 15.9 Å². The van der Waals surface area contributed by atoms with Crippen molar-refractivity contribution >= 4 is 44.9 Å². The number of thiophene rings is 1. The quantitative estimate of drug-likeness (QED) is 0.260. The minimum atomic E-state index is -0.00559. The summed E-state index contributed by atoms with van der Waals surface area (Å²) in [5.74, 6) is 0.647. The lowest BCUT2D eigenvalue weighted by molar-refractivity contribution is 0.821. The molecule has 0 radical (unpaired) electrons. The Labute approximate surface area is 183 Å². The van der Waals surface area contributed by atoms with Crippen LogP contribution in [0.3, 0.4) is 0 Å². The highest BCUT2D eigenvalue weighted by Crippen LogP contribution is 2.32. The summed E-state index contributed by atoms with van der Waals surface area (Å²) in [7, 11) is 0. The van der Waals surface area contributed by atoms with Gasteiger partial charge in [0, 0.05) is 15.7 Å². The standard InChI is InChI=1S/C23H21ClN2OS2/c1-4-19-15(3)20-21(29-19)25-23(28-13-16-7-5-6-8-18(16)24)26(22(20)27)17-11-9-14(2)10-12-17/h5-12H,4,13H2,1-3H3. The van der Waals surface area contributed by atoms with Crippen molar-refractivity contribution in [2.24, 2.45) is 0 Å². The molecule has 0 N–H and O–H groups in total. The number of rotatable bonds is 5. The second-order valence-corrected chi connectivity index (χ2v) is 9.37. The lowest BCUT2D eigenvalue weighted by Crippen LogP contribution is -2.21. The number of aromatic nitrogens is 2. The van der Waals surface area contributed by atoms with E-state index >= 15 is 0 Å². The van der Waals surface area contributed by atoms with E-state index in [1.807, 2.05) is 62.4 Å². The Morgan fingerprint density at radius 2 is 1.83 bits per heavy atom. The van der Waals surface area contributed by atoms with E-state index in [0.717, 1.165) is 44.0 Å². The van der Waals surface area contributed by atoms with E-state index in [-0.39, 0.29) is 5.56 Å². The predicted octanol–water partition coefficient (Wildman–Crippen LogP) is 6.57. The number of benzene rings is 2. The van der Waals surface area contributed by atoms with Gasteiger partial charge in [0.25, 0.3) is 5.56 Å². The zero-order valence-electron chi connectivity index (χ0n) is 16.5. The summed E-state index contributed by atoms with van der Waals surface area (Å²) in [6.45, 7) is 6.18. The van der Waals surface area contributed by atoms with Crippen molar-refractivity contribution in [1.82, 2.24) is 9.55 Å². The van der Waals surface area contributed by atoms with Crippen LogP contribution in [0.5, 0.6) is 0 Å². The third kappa shape index (κ3) is 3.87. The summed E-state index contributed by atoms with van der Waals surface area (Å²) < 4.78 is 1.74. The Balaban J connectivity index is 1.89. The molecule has 4 aromatic rings. The van der Waals surface area contributed by atoms with Crippen LogP contribution in [-0.4, -0.2) is 9.55 Å². The molecule has 6 heteroatoms. The SMILES string of the molecule is CCc1sc2nc(SCc3ccccc3Cl)n(-c3ccc(C)cc3)c(=O)c2c1C. The summed E-state index contributed by atoms with van der Waals surface area (Å²) in [4.78, 5) is 20.5. The number of nitrogens with zero attached hydrogens (tertiary/aromatic N) is 2. The Morgan fingerprint density at radius 1 is 1.10 bits per heavy atom. The Bertz CT molecular complexity index is 1240. The van der Waals surface area contributed by atoms with Crippen molar-refractivity contribution in [3.63, 3.8) is 0 Å². The topological polar surface area (TPSA) is 34.9 Å². The van der Waals surface area contributed by atoms with Gasteiger partial charge in [-0.25, -0.2) is 4.98 Å². The van der Waals surface area contributed by atoms with E-state index in [4.69, 9.17) is 16.6 Å². The van der Waals surface area contributed by atoms with Gasteiger partial charge in [-0.15, -0.1) is 11.3 Å². The second kappa shape index (κ2) is 8.34. The zero-order valence-corrected chi connectivity index (χ0v) is 18.9. The van der Waals surface area contributed by atoms with Gasteiger partial charge < -0.3 is 0 Å². The molecule has 2 heterocycles. The van der Waals surface area contributed by atoms with Crippen LogP contribution in [0, 0.1) is 13.8 Å². The third-order valence-electron chi connectivity index (χ3n) is 4.96. The van der Waals surface area contributed by atoms with Crippen molar-refractivity contribution in [3.05, 3.63) is 85.5 Å². The maximum atomic E-state index is 13.6. The summed E-state index contributed by atoms with van der Waals surface area (Å²) in [5.41, 5.74) is 4.06. The largest absolute Gasteiger partial charge is 0.268 e. The van der Waals surface area contributed by atoms with Gasteiger partial charge in [-0.3, -0.25) is 9.36 Å². The lowest BCUT2D eigenvalue weighted by Gasteiger charge is -2.13. The van der Waals surface area contributed by atoms with Gasteiger partial charge in [-0.2, -0.15) is 0 Å². The number of halogens is 1. The Morgan fingerprint density at radius 3 is 2.52 bits per heavy atom. The number of hydrogen-bond acceptors (Lipinski definition) is 4. The smallest absolute Gasteiger partial charge is 0.267 e. The van der Waals surface area contributed by atoms with Crippen molar-refractivity contribution in [3.8, 4) is 5.69 Å². The molecular formula is C23H21ClN2OS2. The molecule has 0 saturated heterocycles. The van der Waals surface area contributed by atoms with Crippen molar-refractivity contribution in [2.45, 2.75) is 38.1 Å². The number of aryl methyl sites for hydroxylation is 3. The number of fused-ring (bicyclic) bond motifs is 1. The molecule has 0 fully saturated rings. The fourth-order valence-electron chi connectivity index (χ4n) is 3.32. The molecule has 2 aromatic carbocycles. The second-order valence-electron chi connectivity index (χ2n) is 6.93. The molecule has 0 bridgehead atoms. The van der Waals surface area contributed by atoms with Crippen LogP contribution in [0.15, 0.2) is 58.5 Å². The Hall–Kier alpha value is -2.08. The average Bonchev–Trinajstić information content (AvgIpc) is 3.04. The van der Waals surface area contributed by atoms with E-state index in [0.29, 0.717) is 10.9 Å². The van der Waals surface area contributed by atoms with Crippen LogP contribution in [0.2, 0.25) is 5.02 Å². The first-order valence-electron chi connectivity index (χ1n) is 9.48. The average molecular weight is 441 g/mol. The molecule has 0 atom stereocenters. The fourth-order valence-corrected chi connectivity index (χ4v) is 5.78. The highest BCUT2D eigenvalue weighted by atomic mass is 35.5. The highest BCUT2D eigenvalue weighted by molar-refractivity contribution is 7.98. The minimum absolute atomic E-state index is 0.00559. The molecule has 0 saturated carbocycles. The molecule has 0 unspecified atom stereocenters. The van der Waals surface area contributed by atoms with Gasteiger partial charge in [0.1, 0.15) is 4.83 Å². The van der Waals surface area contributed by atoms with Crippen molar-refractivity contribution < 1.29 is 0 Å². The van der Waals surface area contributed by atoms with Gasteiger partial charge in [0.05, 0.1) is 11.1 Å². The molecule has 29 heavy (non-hydrogen) atoms. The number of thioether (sulfide) groups is 1.